The van der Waals surface area contributed by atoms with Gasteiger partial charge < -0.3 is 10.6 Å². The van der Waals surface area contributed by atoms with Gasteiger partial charge in [-0.3, -0.25) is 4.79 Å². The number of halogens is 1. The molecule has 1 aromatic rings. The van der Waals surface area contributed by atoms with Crippen molar-refractivity contribution in [2.75, 3.05) is 11.4 Å². The number of hydrogen-bond acceptors (Lipinski definition) is 4. The first kappa shape index (κ1) is 16.3. The molecular weight excluding hydrogens is 288 g/mol. The highest BCUT2D eigenvalue weighted by Crippen LogP contribution is 2.29. The summed E-state index contributed by atoms with van der Waals surface area (Å²) in [5.41, 5.74) is 6.51. The van der Waals surface area contributed by atoms with Gasteiger partial charge in [-0.2, -0.15) is 5.10 Å². The van der Waals surface area contributed by atoms with Crippen molar-refractivity contribution in [2.45, 2.75) is 64.6 Å². The topological polar surface area (TPSA) is 64.2 Å². The van der Waals surface area contributed by atoms with Crippen LogP contribution in [0.1, 0.15) is 52.5 Å². The minimum Gasteiger partial charge on any atom is -0.366 e. The Morgan fingerprint density at radius 1 is 1.43 bits per heavy atom. The van der Waals surface area contributed by atoms with E-state index in [1.54, 1.807) is 6.20 Å². The second kappa shape index (κ2) is 6.79. The maximum absolute atomic E-state index is 12.3. The summed E-state index contributed by atoms with van der Waals surface area (Å²) in [6.07, 6.45) is 5.85. The first-order valence-corrected chi connectivity index (χ1v) is 8.13. The van der Waals surface area contributed by atoms with E-state index in [4.69, 9.17) is 17.3 Å². The van der Waals surface area contributed by atoms with Gasteiger partial charge in [-0.05, 0) is 46.5 Å². The first-order chi connectivity index (χ1) is 9.95. The minimum atomic E-state index is -0.213. The van der Waals surface area contributed by atoms with Crippen LogP contribution in [0.15, 0.2) is 11.0 Å². The lowest BCUT2D eigenvalue weighted by atomic mass is 9.90. The van der Waals surface area contributed by atoms with Crippen LogP contribution in [0.4, 0.5) is 5.69 Å². The molecule has 2 N–H and O–H groups in total. The molecule has 1 saturated carbocycles. The van der Waals surface area contributed by atoms with Crippen LogP contribution < -0.4 is 16.2 Å². The predicted octanol–water partition coefficient (Wildman–Crippen LogP) is 2.57. The molecule has 21 heavy (non-hydrogen) atoms. The van der Waals surface area contributed by atoms with E-state index >= 15 is 0 Å². The molecule has 5 nitrogen and oxygen atoms in total. The van der Waals surface area contributed by atoms with Gasteiger partial charge in [-0.15, -0.1) is 0 Å². The predicted molar refractivity (Wildman–Crippen MR) is 87.1 cm³/mol. The van der Waals surface area contributed by atoms with Crippen LogP contribution in [-0.2, 0) is 0 Å². The quantitative estimate of drug-likeness (QED) is 0.928. The van der Waals surface area contributed by atoms with Crippen molar-refractivity contribution >= 4 is 17.3 Å². The molecule has 0 aliphatic heterocycles. The van der Waals surface area contributed by atoms with Crippen molar-refractivity contribution in [3.05, 3.63) is 21.6 Å². The Hall–Kier alpha value is -1.07. The normalized spacial score (nSPS) is 22.6. The molecule has 0 unspecified atom stereocenters. The molecule has 0 atom stereocenters. The van der Waals surface area contributed by atoms with Gasteiger partial charge in [0.1, 0.15) is 5.02 Å². The van der Waals surface area contributed by atoms with Crippen molar-refractivity contribution in [2.24, 2.45) is 5.73 Å². The molecule has 0 saturated heterocycles. The second-order valence-electron chi connectivity index (χ2n) is 6.04. The van der Waals surface area contributed by atoms with Gasteiger partial charge in [0.2, 0.25) is 0 Å². The Bertz CT molecular complexity index is 535. The van der Waals surface area contributed by atoms with Crippen LogP contribution >= 0.6 is 11.6 Å². The van der Waals surface area contributed by atoms with Crippen LogP contribution in [-0.4, -0.2) is 28.4 Å². The number of aromatic nitrogens is 2. The summed E-state index contributed by atoms with van der Waals surface area (Å²) in [7, 11) is 0. The zero-order valence-electron chi connectivity index (χ0n) is 13.1. The second-order valence-corrected chi connectivity index (χ2v) is 6.42. The van der Waals surface area contributed by atoms with Crippen LogP contribution in [0.2, 0.25) is 5.02 Å². The monoisotopic (exact) mass is 312 g/mol. The number of rotatable bonds is 4. The van der Waals surface area contributed by atoms with Crippen LogP contribution in [0.3, 0.4) is 0 Å². The Kier molecular flexibility index (Phi) is 5.27. The molecule has 1 aliphatic carbocycles. The van der Waals surface area contributed by atoms with E-state index in [0.717, 1.165) is 37.9 Å². The highest BCUT2D eigenvalue weighted by atomic mass is 35.5. The van der Waals surface area contributed by atoms with Gasteiger partial charge in [-0.25, -0.2) is 4.68 Å². The number of hydrogen-bond donors (Lipinski definition) is 1. The van der Waals surface area contributed by atoms with Crippen molar-refractivity contribution in [3.63, 3.8) is 0 Å². The van der Waals surface area contributed by atoms with Gasteiger partial charge in [0, 0.05) is 18.6 Å². The highest BCUT2D eigenvalue weighted by Gasteiger charge is 2.26. The molecule has 1 fully saturated rings. The fourth-order valence-electron chi connectivity index (χ4n) is 3.04. The van der Waals surface area contributed by atoms with Crippen molar-refractivity contribution < 1.29 is 0 Å². The number of nitrogens with two attached hydrogens (primary N) is 1. The molecule has 1 aromatic heterocycles. The molecule has 1 heterocycles. The molecule has 0 bridgehead atoms. The average molecular weight is 313 g/mol. The van der Waals surface area contributed by atoms with E-state index in [-0.39, 0.29) is 16.6 Å². The Morgan fingerprint density at radius 3 is 2.57 bits per heavy atom. The molecule has 2 rings (SSSR count). The third-order valence-corrected chi connectivity index (χ3v) is 4.60. The molecule has 6 heteroatoms. The van der Waals surface area contributed by atoms with E-state index in [2.05, 4.69) is 16.9 Å². The largest absolute Gasteiger partial charge is 0.366 e. The Balaban J connectivity index is 2.30. The number of anilines is 1. The van der Waals surface area contributed by atoms with Crippen molar-refractivity contribution in [3.8, 4) is 0 Å². The molecular formula is C15H25ClN4O. The third-order valence-electron chi connectivity index (χ3n) is 4.25. The molecule has 118 valence electrons. The van der Waals surface area contributed by atoms with E-state index < -0.39 is 0 Å². The Morgan fingerprint density at radius 2 is 2.05 bits per heavy atom. The van der Waals surface area contributed by atoms with Crippen LogP contribution in [0, 0.1) is 0 Å². The fraction of sp³-hybridized carbons (Fsp3) is 0.733. The molecule has 0 amide bonds. The van der Waals surface area contributed by atoms with Gasteiger partial charge in [-0.1, -0.05) is 11.6 Å². The zero-order valence-corrected chi connectivity index (χ0v) is 13.8. The molecule has 0 aromatic carbocycles. The average Bonchev–Trinajstić information content (AvgIpc) is 2.45. The molecule has 1 aliphatic rings. The summed E-state index contributed by atoms with van der Waals surface area (Å²) < 4.78 is 1.43. The van der Waals surface area contributed by atoms with Gasteiger partial charge in [0.25, 0.3) is 5.56 Å². The fourth-order valence-corrected chi connectivity index (χ4v) is 3.29. The van der Waals surface area contributed by atoms with Crippen LogP contribution in [0.5, 0.6) is 0 Å². The minimum absolute atomic E-state index is 0.00630. The smallest absolute Gasteiger partial charge is 0.287 e. The summed E-state index contributed by atoms with van der Waals surface area (Å²) in [5, 5.41) is 4.54. The van der Waals surface area contributed by atoms with Gasteiger partial charge in [0.05, 0.1) is 17.9 Å². The van der Waals surface area contributed by atoms with E-state index in [9.17, 15) is 4.79 Å². The third kappa shape index (κ3) is 3.40. The van der Waals surface area contributed by atoms with Crippen molar-refractivity contribution in [1.82, 2.24) is 9.78 Å². The summed E-state index contributed by atoms with van der Waals surface area (Å²) in [5.74, 6) is 0. The lowest BCUT2D eigenvalue weighted by Crippen LogP contribution is -2.42. The highest BCUT2D eigenvalue weighted by molar-refractivity contribution is 6.33. The zero-order chi connectivity index (χ0) is 15.6. The van der Waals surface area contributed by atoms with Crippen LogP contribution in [0.25, 0.3) is 0 Å². The van der Waals surface area contributed by atoms with E-state index in [0.29, 0.717) is 12.1 Å². The summed E-state index contributed by atoms with van der Waals surface area (Å²) in [4.78, 5) is 14.5. The van der Waals surface area contributed by atoms with Gasteiger partial charge >= 0.3 is 0 Å². The van der Waals surface area contributed by atoms with E-state index in [1.165, 1.54) is 4.68 Å². The SMILES string of the molecule is CCN(c1cnn(C(C)C)c(=O)c1Cl)C1CCC(N)CC1. The lowest BCUT2D eigenvalue weighted by molar-refractivity contribution is 0.377. The standard InChI is InChI=1S/C15H25ClN4O/c1-4-19(12-7-5-11(17)6-8-12)13-9-18-20(10(2)3)15(21)14(13)16/h9-12H,4-8,17H2,1-3H3. The van der Waals surface area contributed by atoms with E-state index in [1.807, 2.05) is 13.8 Å². The summed E-state index contributed by atoms with van der Waals surface area (Å²) in [6.45, 7) is 6.74. The Labute approximate surface area is 131 Å². The molecule has 0 spiro atoms. The lowest BCUT2D eigenvalue weighted by Gasteiger charge is -2.37. The summed E-state index contributed by atoms with van der Waals surface area (Å²) in [6, 6.07) is 0.706. The molecule has 0 radical (unpaired) electrons. The maximum atomic E-state index is 12.3. The van der Waals surface area contributed by atoms with Gasteiger partial charge in [0.15, 0.2) is 0 Å². The van der Waals surface area contributed by atoms with Crippen molar-refractivity contribution in [1.29, 1.82) is 0 Å². The maximum Gasteiger partial charge on any atom is 0.287 e. The number of nitrogens with zero attached hydrogens (tertiary/aromatic N) is 3. The first-order valence-electron chi connectivity index (χ1n) is 7.75. The summed E-state index contributed by atoms with van der Waals surface area (Å²) >= 11 is 6.32.